The highest BCUT2D eigenvalue weighted by atomic mass is 16.6. The molecule has 0 radical (unpaired) electrons. The standard InChI is InChI=1S/C17H36O4.C13H28O4/c1-6-8-10-18-12-15(3)20-14-17(5)21-13-16(4)19-11-9-7-2;1-6-14-8-11(3)16-10-13(5)17-9-12(4)15-7-2/h15-17H,6-14H2,1-5H3;11-13H,6-10H2,1-5H3. The van der Waals surface area contributed by atoms with Crippen LogP contribution in [0.2, 0.25) is 0 Å². The topological polar surface area (TPSA) is 73.8 Å². The van der Waals surface area contributed by atoms with Crippen LogP contribution in [-0.2, 0) is 37.9 Å². The summed E-state index contributed by atoms with van der Waals surface area (Å²) in [5.41, 5.74) is 0. The summed E-state index contributed by atoms with van der Waals surface area (Å²) >= 11 is 0. The fourth-order valence-electron chi connectivity index (χ4n) is 2.98. The minimum atomic E-state index is 0.0836. The Morgan fingerprint density at radius 2 is 0.737 bits per heavy atom. The molecule has 0 saturated heterocycles. The Morgan fingerprint density at radius 1 is 0.368 bits per heavy atom. The quantitative estimate of drug-likeness (QED) is 0.120. The molecular formula is C30H64O8. The Morgan fingerprint density at radius 3 is 1.16 bits per heavy atom. The van der Waals surface area contributed by atoms with Crippen molar-refractivity contribution < 1.29 is 37.9 Å². The zero-order valence-corrected chi connectivity index (χ0v) is 26.6. The van der Waals surface area contributed by atoms with Crippen molar-refractivity contribution in [1.29, 1.82) is 0 Å². The number of hydrogen-bond donors (Lipinski definition) is 0. The van der Waals surface area contributed by atoms with E-state index in [0.717, 1.165) is 45.7 Å². The first-order valence-corrected chi connectivity index (χ1v) is 15.0. The van der Waals surface area contributed by atoms with E-state index in [2.05, 4.69) is 13.8 Å². The van der Waals surface area contributed by atoms with Crippen LogP contribution in [0.15, 0.2) is 0 Å². The molecule has 0 aliphatic carbocycles. The summed E-state index contributed by atoms with van der Waals surface area (Å²) in [6, 6.07) is 0. The van der Waals surface area contributed by atoms with E-state index in [9.17, 15) is 0 Å². The number of rotatable bonds is 26. The van der Waals surface area contributed by atoms with Gasteiger partial charge in [-0.25, -0.2) is 0 Å². The molecule has 8 heteroatoms. The molecule has 232 valence electrons. The zero-order valence-electron chi connectivity index (χ0n) is 26.6. The summed E-state index contributed by atoms with van der Waals surface area (Å²) in [5.74, 6) is 0. The van der Waals surface area contributed by atoms with Gasteiger partial charge in [-0.3, -0.25) is 0 Å². The first-order chi connectivity index (χ1) is 18.2. The van der Waals surface area contributed by atoms with E-state index in [4.69, 9.17) is 37.9 Å². The first-order valence-electron chi connectivity index (χ1n) is 15.0. The minimum Gasteiger partial charge on any atom is -0.379 e. The van der Waals surface area contributed by atoms with E-state index in [1.807, 2.05) is 55.4 Å². The van der Waals surface area contributed by atoms with Gasteiger partial charge in [-0.2, -0.15) is 0 Å². The van der Waals surface area contributed by atoms with Gasteiger partial charge in [0.05, 0.1) is 76.3 Å². The Balaban J connectivity index is 0. The van der Waals surface area contributed by atoms with E-state index in [1.54, 1.807) is 0 Å². The van der Waals surface area contributed by atoms with Crippen molar-refractivity contribution >= 4 is 0 Å². The fraction of sp³-hybridized carbons (Fsp3) is 1.00. The van der Waals surface area contributed by atoms with Crippen molar-refractivity contribution in [3.05, 3.63) is 0 Å². The molecule has 0 rings (SSSR count). The van der Waals surface area contributed by atoms with Gasteiger partial charge in [0.25, 0.3) is 0 Å². The van der Waals surface area contributed by atoms with Crippen molar-refractivity contribution in [2.75, 3.05) is 66.1 Å². The van der Waals surface area contributed by atoms with Crippen LogP contribution < -0.4 is 0 Å². The second-order valence-electron chi connectivity index (χ2n) is 9.96. The van der Waals surface area contributed by atoms with E-state index in [1.165, 1.54) is 6.42 Å². The molecule has 0 aromatic carbocycles. The van der Waals surface area contributed by atoms with Gasteiger partial charge in [0.1, 0.15) is 0 Å². The predicted octanol–water partition coefficient (Wildman–Crippen LogP) is 6.08. The maximum Gasteiger partial charge on any atom is 0.0781 e. The molecule has 8 nitrogen and oxygen atoms in total. The number of hydrogen-bond acceptors (Lipinski definition) is 8. The normalized spacial score (nSPS) is 16.3. The van der Waals surface area contributed by atoms with Crippen molar-refractivity contribution in [3.63, 3.8) is 0 Å². The molecule has 0 aromatic heterocycles. The van der Waals surface area contributed by atoms with Crippen LogP contribution >= 0.6 is 0 Å². The third-order valence-electron chi connectivity index (χ3n) is 5.36. The van der Waals surface area contributed by atoms with Crippen LogP contribution in [0, 0.1) is 0 Å². The van der Waals surface area contributed by atoms with Crippen LogP contribution in [0.3, 0.4) is 0 Å². The van der Waals surface area contributed by atoms with E-state index in [-0.39, 0.29) is 36.6 Å². The third kappa shape index (κ3) is 30.2. The van der Waals surface area contributed by atoms with Gasteiger partial charge in [-0.15, -0.1) is 0 Å². The largest absolute Gasteiger partial charge is 0.379 e. The molecule has 0 amide bonds. The second kappa shape index (κ2) is 29.7. The SMILES string of the molecule is CCCCOCC(C)OCC(C)OCC(C)OCCCC.CCOCC(C)OCC(C)OCC(C)OCC. The minimum absolute atomic E-state index is 0.0836. The lowest BCUT2D eigenvalue weighted by Gasteiger charge is -2.20. The molecule has 0 N–H and O–H groups in total. The average Bonchev–Trinajstić information content (AvgIpc) is 2.90. The van der Waals surface area contributed by atoms with Crippen LogP contribution in [0.5, 0.6) is 0 Å². The molecule has 0 aliphatic rings. The van der Waals surface area contributed by atoms with Crippen molar-refractivity contribution in [3.8, 4) is 0 Å². The Kier molecular flexibility index (Phi) is 31.1. The van der Waals surface area contributed by atoms with E-state index < -0.39 is 0 Å². The van der Waals surface area contributed by atoms with Crippen LogP contribution in [0.4, 0.5) is 0 Å². The van der Waals surface area contributed by atoms with Crippen molar-refractivity contribution in [2.24, 2.45) is 0 Å². The molecule has 0 fully saturated rings. The van der Waals surface area contributed by atoms with Crippen LogP contribution in [-0.4, -0.2) is 103 Å². The summed E-state index contributed by atoms with van der Waals surface area (Å²) in [6.45, 7) is 27.2. The van der Waals surface area contributed by atoms with Gasteiger partial charge in [-0.05, 0) is 68.2 Å². The van der Waals surface area contributed by atoms with Gasteiger partial charge < -0.3 is 37.9 Å². The first kappa shape index (κ1) is 39.8. The molecule has 0 spiro atoms. The summed E-state index contributed by atoms with van der Waals surface area (Å²) < 4.78 is 44.5. The fourth-order valence-corrected chi connectivity index (χ4v) is 2.98. The summed E-state index contributed by atoms with van der Waals surface area (Å²) in [4.78, 5) is 0. The zero-order chi connectivity index (χ0) is 29.0. The van der Waals surface area contributed by atoms with Crippen LogP contribution in [0.1, 0.15) is 94.9 Å². The van der Waals surface area contributed by atoms with E-state index in [0.29, 0.717) is 39.6 Å². The number of unbranched alkanes of at least 4 members (excludes halogenated alkanes) is 2. The molecule has 6 unspecified atom stereocenters. The lowest BCUT2D eigenvalue weighted by Crippen LogP contribution is -2.26. The molecule has 0 aromatic rings. The summed E-state index contributed by atoms with van der Waals surface area (Å²) in [5, 5.41) is 0. The van der Waals surface area contributed by atoms with E-state index >= 15 is 0 Å². The smallest absolute Gasteiger partial charge is 0.0781 e. The Labute approximate surface area is 235 Å². The molecular weight excluding hydrogens is 488 g/mol. The molecule has 6 atom stereocenters. The average molecular weight is 553 g/mol. The molecule has 0 bridgehead atoms. The van der Waals surface area contributed by atoms with Gasteiger partial charge in [0.2, 0.25) is 0 Å². The molecule has 38 heavy (non-hydrogen) atoms. The Hall–Kier alpha value is -0.320. The second-order valence-corrected chi connectivity index (χ2v) is 9.96. The third-order valence-corrected chi connectivity index (χ3v) is 5.36. The summed E-state index contributed by atoms with van der Waals surface area (Å²) in [7, 11) is 0. The van der Waals surface area contributed by atoms with Crippen LogP contribution in [0.25, 0.3) is 0 Å². The lowest BCUT2D eigenvalue weighted by atomic mass is 10.3. The Bertz CT molecular complexity index is 454. The predicted molar refractivity (Wildman–Crippen MR) is 155 cm³/mol. The highest BCUT2D eigenvalue weighted by Crippen LogP contribution is 2.03. The molecule has 0 aliphatic heterocycles. The maximum atomic E-state index is 5.74. The summed E-state index contributed by atoms with van der Waals surface area (Å²) in [6.07, 6.45) is 5.24. The van der Waals surface area contributed by atoms with Gasteiger partial charge in [-0.1, -0.05) is 26.7 Å². The lowest BCUT2D eigenvalue weighted by molar-refractivity contribution is -0.0800. The van der Waals surface area contributed by atoms with Gasteiger partial charge in [0, 0.05) is 26.4 Å². The molecule has 0 heterocycles. The molecule has 0 saturated carbocycles. The maximum absolute atomic E-state index is 5.74. The number of ether oxygens (including phenoxy) is 8. The highest BCUT2D eigenvalue weighted by molar-refractivity contribution is 4.56. The van der Waals surface area contributed by atoms with Crippen molar-refractivity contribution in [2.45, 2.75) is 132 Å². The van der Waals surface area contributed by atoms with Crippen molar-refractivity contribution in [1.82, 2.24) is 0 Å². The van der Waals surface area contributed by atoms with Gasteiger partial charge >= 0.3 is 0 Å². The van der Waals surface area contributed by atoms with Gasteiger partial charge in [0.15, 0.2) is 0 Å². The monoisotopic (exact) mass is 552 g/mol. The highest BCUT2D eigenvalue weighted by Gasteiger charge is 2.11.